The van der Waals surface area contributed by atoms with Crippen molar-refractivity contribution in [2.75, 3.05) is 13.7 Å². The van der Waals surface area contributed by atoms with E-state index in [1.165, 1.54) is 0 Å². The molecule has 0 saturated carbocycles. The number of benzene rings is 2. The lowest BCUT2D eigenvalue weighted by atomic mass is 9.90. The predicted molar refractivity (Wildman–Crippen MR) is 106 cm³/mol. The second kappa shape index (κ2) is 8.72. The molecule has 0 bridgehead atoms. The minimum atomic E-state index is -1.65. The largest absolute Gasteiger partial charge is 0.508 e. The van der Waals surface area contributed by atoms with E-state index in [2.05, 4.69) is 4.74 Å². The fourth-order valence-corrected chi connectivity index (χ4v) is 3.78. The Morgan fingerprint density at radius 2 is 1.77 bits per heavy atom. The Bertz CT molecular complexity index is 929. The Labute approximate surface area is 178 Å². The van der Waals surface area contributed by atoms with Crippen LogP contribution in [0.4, 0.5) is 0 Å². The first kappa shape index (κ1) is 21.4. The van der Waals surface area contributed by atoms with Crippen LogP contribution in [0.25, 0.3) is 0 Å². The molecule has 6 atom stereocenters. The molecule has 2 aliphatic heterocycles. The second-order valence-corrected chi connectivity index (χ2v) is 7.61. The number of aliphatic hydroxyl groups is 3. The Kier molecular flexibility index (Phi) is 6.01. The fraction of sp³-hybridized carbons (Fsp3) is 0.409. The van der Waals surface area contributed by atoms with E-state index in [9.17, 15) is 25.2 Å². The molecular weight excluding hydrogens is 408 g/mol. The molecule has 0 aliphatic carbocycles. The van der Waals surface area contributed by atoms with Crippen LogP contribution in [0.3, 0.4) is 0 Å². The summed E-state index contributed by atoms with van der Waals surface area (Å²) in [6.45, 7) is 0.444. The summed E-state index contributed by atoms with van der Waals surface area (Å²) in [5.41, 5.74) is 2.02. The topological polar surface area (TPSA) is 135 Å². The van der Waals surface area contributed by atoms with Crippen molar-refractivity contribution in [2.24, 2.45) is 0 Å². The van der Waals surface area contributed by atoms with Gasteiger partial charge in [0.1, 0.15) is 35.6 Å². The van der Waals surface area contributed by atoms with Crippen LogP contribution < -0.4 is 9.47 Å². The standard InChI is InChI=1S/C22H24O9/c1-28-21(27)20-18(25)17(24)19(26)22(31-20)30-15-7-4-12-8-13(10-29-16(12)9-15)11-2-5-14(23)6-3-11/h2-7,9,13,17-20,22-26H,8,10H2,1H3/t13-,17+,18+,19+,20+,22-/m1/s1. The first-order valence-electron chi connectivity index (χ1n) is 9.86. The third-order valence-electron chi connectivity index (χ3n) is 5.56. The number of fused-ring (bicyclic) bond motifs is 1. The van der Waals surface area contributed by atoms with Crippen LogP contribution in [0.5, 0.6) is 17.2 Å². The van der Waals surface area contributed by atoms with Crippen molar-refractivity contribution in [2.45, 2.75) is 43.0 Å². The average Bonchev–Trinajstić information content (AvgIpc) is 2.79. The molecule has 1 saturated heterocycles. The Hall–Kier alpha value is -2.85. The summed E-state index contributed by atoms with van der Waals surface area (Å²) in [7, 11) is 1.12. The van der Waals surface area contributed by atoms with Crippen molar-refractivity contribution < 1.29 is 44.2 Å². The van der Waals surface area contributed by atoms with E-state index < -0.39 is 36.7 Å². The lowest BCUT2D eigenvalue weighted by Gasteiger charge is -2.39. The highest BCUT2D eigenvalue weighted by atomic mass is 16.7. The maximum Gasteiger partial charge on any atom is 0.337 e. The SMILES string of the molecule is COC(=O)[C@H]1O[C@@H](Oc2ccc3c(c2)OC[C@H](c2ccc(O)cc2)C3)[C@@H](O)[C@@H](O)[C@@H]1O. The monoisotopic (exact) mass is 432 g/mol. The molecule has 2 aromatic rings. The van der Waals surface area contributed by atoms with Gasteiger partial charge in [-0.05, 0) is 35.7 Å². The minimum Gasteiger partial charge on any atom is -0.508 e. The lowest BCUT2D eigenvalue weighted by Crippen LogP contribution is -2.61. The van der Waals surface area contributed by atoms with Gasteiger partial charge in [-0.15, -0.1) is 0 Å². The highest BCUT2D eigenvalue weighted by Gasteiger charge is 2.48. The molecule has 2 aliphatic rings. The Morgan fingerprint density at radius 3 is 2.48 bits per heavy atom. The molecule has 2 heterocycles. The van der Waals surface area contributed by atoms with E-state index in [1.807, 2.05) is 18.2 Å². The van der Waals surface area contributed by atoms with Crippen LogP contribution in [0, 0.1) is 0 Å². The summed E-state index contributed by atoms with van der Waals surface area (Å²) in [4.78, 5) is 11.8. The molecule has 0 unspecified atom stereocenters. The molecule has 166 valence electrons. The van der Waals surface area contributed by atoms with Gasteiger partial charge in [0.05, 0.1) is 13.7 Å². The van der Waals surface area contributed by atoms with E-state index in [0.29, 0.717) is 18.1 Å². The molecule has 4 N–H and O–H groups in total. The number of aliphatic hydroxyl groups excluding tert-OH is 3. The van der Waals surface area contributed by atoms with Gasteiger partial charge in [-0.25, -0.2) is 4.79 Å². The number of phenolic OH excluding ortho intramolecular Hbond substituents is 1. The summed E-state index contributed by atoms with van der Waals surface area (Å²) < 4.78 is 21.4. The fourth-order valence-electron chi connectivity index (χ4n) is 3.78. The van der Waals surface area contributed by atoms with Gasteiger partial charge >= 0.3 is 5.97 Å². The molecule has 0 amide bonds. The van der Waals surface area contributed by atoms with Crippen LogP contribution in [-0.4, -0.2) is 70.8 Å². The molecule has 2 aromatic carbocycles. The number of carbonyl (C=O) groups excluding carboxylic acids is 1. The number of esters is 1. The van der Waals surface area contributed by atoms with Crippen molar-refractivity contribution in [1.29, 1.82) is 0 Å². The molecule has 9 heteroatoms. The highest BCUT2D eigenvalue weighted by molar-refractivity contribution is 5.75. The molecule has 0 spiro atoms. The van der Waals surface area contributed by atoms with Gasteiger partial charge in [-0.1, -0.05) is 18.2 Å². The highest BCUT2D eigenvalue weighted by Crippen LogP contribution is 2.36. The van der Waals surface area contributed by atoms with Crippen molar-refractivity contribution in [1.82, 2.24) is 0 Å². The van der Waals surface area contributed by atoms with Crippen molar-refractivity contribution >= 4 is 5.97 Å². The van der Waals surface area contributed by atoms with Crippen molar-refractivity contribution in [3.05, 3.63) is 53.6 Å². The number of phenols is 1. The minimum absolute atomic E-state index is 0.140. The van der Waals surface area contributed by atoms with Gasteiger partial charge in [0, 0.05) is 12.0 Å². The van der Waals surface area contributed by atoms with E-state index >= 15 is 0 Å². The summed E-state index contributed by atoms with van der Waals surface area (Å²) in [5.74, 6) is 0.379. The van der Waals surface area contributed by atoms with Gasteiger partial charge < -0.3 is 39.4 Å². The maximum absolute atomic E-state index is 11.8. The van der Waals surface area contributed by atoms with Crippen LogP contribution in [0.2, 0.25) is 0 Å². The van der Waals surface area contributed by atoms with E-state index in [0.717, 1.165) is 24.7 Å². The molecular formula is C22H24O9. The smallest absolute Gasteiger partial charge is 0.337 e. The summed E-state index contributed by atoms with van der Waals surface area (Å²) >= 11 is 0. The molecule has 31 heavy (non-hydrogen) atoms. The van der Waals surface area contributed by atoms with Gasteiger partial charge in [-0.2, -0.15) is 0 Å². The number of aromatic hydroxyl groups is 1. The summed E-state index contributed by atoms with van der Waals surface area (Å²) in [5, 5.41) is 39.7. The summed E-state index contributed by atoms with van der Waals surface area (Å²) in [6, 6.07) is 12.2. The maximum atomic E-state index is 11.8. The lowest BCUT2D eigenvalue weighted by molar-refractivity contribution is -0.271. The Balaban J connectivity index is 1.47. The van der Waals surface area contributed by atoms with Crippen LogP contribution >= 0.6 is 0 Å². The van der Waals surface area contributed by atoms with Gasteiger partial charge in [0.15, 0.2) is 6.10 Å². The van der Waals surface area contributed by atoms with Gasteiger partial charge in [0.2, 0.25) is 6.29 Å². The number of hydrogen-bond donors (Lipinski definition) is 4. The number of ether oxygens (including phenoxy) is 4. The van der Waals surface area contributed by atoms with Crippen LogP contribution in [0.15, 0.2) is 42.5 Å². The van der Waals surface area contributed by atoms with Crippen molar-refractivity contribution in [3.63, 3.8) is 0 Å². The van der Waals surface area contributed by atoms with E-state index in [-0.39, 0.29) is 11.7 Å². The molecule has 4 rings (SSSR count). The second-order valence-electron chi connectivity index (χ2n) is 7.61. The number of hydrogen-bond acceptors (Lipinski definition) is 9. The quantitative estimate of drug-likeness (QED) is 0.509. The molecule has 1 fully saturated rings. The number of rotatable bonds is 4. The zero-order valence-electron chi connectivity index (χ0n) is 16.7. The first-order chi connectivity index (χ1) is 14.9. The van der Waals surface area contributed by atoms with Crippen LogP contribution in [0.1, 0.15) is 17.0 Å². The third kappa shape index (κ3) is 4.31. The Morgan fingerprint density at radius 1 is 1.03 bits per heavy atom. The number of methoxy groups -OCH3 is 1. The van der Waals surface area contributed by atoms with E-state index in [4.69, 9.17) is 14.2 Å². The average molecular weight is 432 g/mol. The summed E-state index contributed by atoms with van der Waals surface area (Å²) in [6.07, 6.45) is -7.03. The molecule has 9 nitrogen and oxygen atoms in total. The first-order valence-corrected chi connectivity index (χ1v) is 9.86. The molecule has 0 radical (unpaired) electrons. The third-order valence-corrected chi connectivity index (χ3v) is 5.56. The normalized spacial score (nSPS) is 30.1. The van der Waals surface area contributed by atoms with Crippen molar-refractivity contribution in [3.8, 4) is 17.2 Å². The van der Waals surface area contributed by atoms with Crippen LogP contribution in [-0.2, 0) is 20.7 Å². The predicted octanol–water partition coefficient (Wildman–Crippen LogP) is 0.470. The van der Waals surface area contributed by atoms with Gasteiger partial charge in [-0.3, -0.25) is 0 Å². The van der Waals surface area contributed by atoms with Gasteiger partial charge in [0.25, 0.3) is 0 Å². The zero-order valence-corrected chi connectivity index (χ0v) is 16.7. The van der Waals surface area contributed by atoms with E-state index in [1.54, 1.807) is 24.3 Å². The number of carbonyl (C=O) groups is 1. The molecule has 0 aromatic heterocycles. The zero-order chi connectivity index (χ0) is 22.1.